The first kappa shape index (κ1) is 12.4. The van der Waals surface area contributed by atoms with Crippen molar-refractivity contribution in [3.63, 3.8) is 0 Å². The third-order valence-corrected chi connectivity index (χ3v) is 2.57. The molecule has 0 aliphatic heterocycles. The number of amides is 1. The number of nitrogens with one attached hydrogen (secondary N) is 1. The number of carbonyl (C=O) groups excluding carboxylic acids is 1. The van der Waals surface area contributed by atoms with Gasteiger partial charge in [0.2, 0.25) is 0 Å². The highest BCUT2D eigenvalue weighted by molar-refractivity contribution is 5.97. The van der Waals surface area contributed by atoms with Crippen LogP contribution < -0.4 is 5.32 Å². The summed E-state index contributed by atoms with van der Waals surface area (Å²) >= 11 is 0. The van der Waals surface area contributed by atoms with Crippen molar-refractivity contribution in [1.82, 2.24) is 15.1 Å². The van der Waals surface area contributed by atoms with Gasteiger partial charge >= 0.3 is 0 Å². The van der Waals surface area contributed by atoms with Crippen molar-refractivity contribution in [1.29, 1.82) is 0 Å². The molecular weight excluding hydrogens is 226 g/mol. The minimum absolute atomic E-state index is 0.0604. The highest BCUT2D eigenvalue weighted by Gasteiger charge is 2.12. The van der Waals surface area contributed by atoms with Gasteiger partial charge in [0, 0.05) is 18.9 Å². The molecule has 4 nitrogen and oxygen atoms in total. The Bertz CT molecular complexity index is 518. The highest BCUT2D eigenvalue weighted by Crippen LogP contribution is 2.13. The van der Waals surface area contributed by atoms with E-state index in [1.54, 1.807) is 10.9 Å². The predicted octanol–water partition coefficient (Wildman–Crippen LogP) is 2.26. The monoisotopic (exact) mass is 243 g/mol. The van der Waals surface area contributed by atoms with Crippen molar-refractivity contribution in [2.24, 2.45) is 5.92 Å². The Morgan fingerprint density at radius 1 is 1.33 bits per heavy atom. The van der Waals surface area contributed by atoms with Crippen molar-refractivity contribution in [3.8, 4) is 5.69 Å². The van der Waals surface area contributed by atoms with E-state index in [1.165, 1.54) is 0 Å². The van der Waals surface area contributed by atoms with Gasteiger partial charge in [-0.05, 0) is 24.1 Å². The standard InChI is InChI=1S/C14H17N3O/c1-11(2)10-15-14(18)12-6-3-4-7-13(12)17-9-5-8-16-17/h3-9,11H,10H2,1-2H3,(H,15,18). The molecule has 2 rings (SSSR count). The van der Waals surface area contributed by atoms with E-state index in [9.17, 15) is 4.79 Å². The summed E-state index contributed by atoms with van der Waals surface area (Å²) < 4.78 is 1.70. The SMILES string of the molecule is CC(C)CNC(=O)c1ccccc1-n1cccn1. The first-order chi connectivity index (χ1) is 8.68. The molecule has 4 heteroatoms. The van der Waals surface area contributed by atoms with Gasteiger partial charge in [-0.15, -0.1) is 0 Å². The number of hydrogen-bond donors (Lipinski definition) is 1. The minimum Gasteiger partial charge on any atom is -0.352 e. The van der Waals surface area contributed by atoms with Crippen molar-refractivity contribution in [3.05, 3.63) is 48.3 Å². The second kappa shape index (κ2) is 5.49. The number of aromatic nitrogens is 2. The summed E-state index contributed by atoms with van der Waals surface area (Å²) in [7, 11) is 0. The van der Waals surface area contributed by atoms with Crippen molar-refractivity contribution in [2.45, 2.75) is 13.8 Å². The molecule has 2 aromatic rings. The molecule has 0 aliphatic carbocycles. The summed E-state index contributed by atoms with van der Waals surface area (Å²) in [5, 5.41) is 7.08. The zero-order chi connectivity index (χ0) is 13.0. The van der Waals surface area contributed by atoms with Gasteiger partial charge in [0.05, 0.1) is 11.3 Å². The Labute approximate surface area is 107 Å². The largest absolute Gasteiger partial charge is 0.352 e. The summed E-state index contributed by atoms with van der Waals surface area (Å²) in [6, 6.07) is 9.29. The van der Waals surface area contributed by atoms with Crippen LogP contribution in [0.3, 0.4) is 0 Å². The first-order valence-corrected chi connectivity index (χ1v) is 6.05. The lowest BCUT2D eigenvalue weighted by Gasteiger charge is -2.11. The molecule has 0 bridgehead atoms. The van der Waals surface area contributed by atoms with E-state index in [4.69, 9.17) is 0 Å². The van der Waals surface area contributed by atoms with E-state index < -0.39 is 0 Å². The van der Waals surface area contributed by atoms with E-state index in [0.29, 0.717) is 18.0 Å². The number of rotatable bonds is 4. The molecule has 1 heterocycles. The lowest BCUT2D eigenvalue weighted by molar-refractivity contribution is 0.0949. The van der Waals surface area contributed by atoms with Crippen molar-refractivity contribution >= 4 is 5.91 Å². The second-order valence-electron chi connectivity index (χ2n) is 4.57. The predicted molar refractivity (Wildman–Crippen MR) is 70.7 cm³/mol. The smallest absolute Gasteiger partial charge is 0.253 e. The second-order valence-corrected chi connectivity index (χ2v) is 4.57. The minimum atomic E-state index is -0.0604. The fourth-order valence-corrected chi connectivity index (χ4v) is 1.67. The molecule has 18 heavy (non-hydrogen) atoms. The van der Waals surface area contributed by atoms with Gasteiger partial charge in [-0.1, -0.05) is 26.0 Å². The number of para-hydroxylation sites is 1. The summed E-state index contributed by atoms with van der Waals surface area (Å²) in [5.41, 5.74) is 1.44. The molecule has 0 saturated carbocycles. The lowest BCUT2D eigenvalue weighted by Crippen LogP contribution is -2.28. The number of hydrogen-bond acceptors (Lipinski definition) is 2. The van der Waals surface area contributed by atoms with E-state index in [-0.39, 0.29) is 5.91 Å². The molecule has 1 aromatic carbocycles. The molecule has 0 aliphatic rings. The molecule has 0 fully saturated rings. The topological polar surface area (TPSA) is 46.9 Å². The van der Waals surface area contributed by atoms with Crippen molar-refractivity contribution < 1.29 is 4.79 Å². The molecule has 1 amide bonds. The van der Waals surface area contributed by atoms with Crippen LogP contribution in [0.1, 0.15) is 24.2 Å². The highest BCUT2D eigenvalue weighted by atomic mass is 16.1. The van der Waals surface area contributed by atoms with Crippen LogP contribution in [0.5, 0.6) is 0 Å². The van der Waals surface area contributed by atoms with Crippen LogP contribution in [0.4, 0.5) is 0 Å². The van der Waals surface area contributed by atoms with Gasteiger partial charge in [-0.25, -0.2) is 4.68 Å². The summed E-state index contributed by atoms with van der Waals surface area (Å²) in [5.74, 6) is 0.376. The van der Waals surface area contributed by atoms with E-state index in [0.717, 1.165) is 5.69 Å². The maximum Gasteiger partial charge on any atom is 0.253 e. The average molecular weight is 243 g/mol. The normalized spacial score (nSPS) is 10.6. The fraction of sp³-hybridized carbons (Fsp3) is 0.286. The van der Waals surface area contributed by atoms with E-state index >= 15 is 0 Å². The van der Waals surface area contributed by atoms with Crippen LogP contribution in [-0.2, 0) is 0 Å². The molecule has 94 valence electrons. The molecule has 1 aromatic heterocycles. The lowest BCUT2D eigenvalue weighted by atomic mass is 10.1. The Kier molecular flexibility index (Phi) is 3.77. The maximum absolute atomic E-state index is 12.1. The van der Waals surface area contributed by atoms with Crippen LogP contribution in [0.15, 0.2) is 42.7 Å². The molecule has 0 radical (unpaired) electrons. The van der Waals surface area contributed by atoms with Crippen LogP contribution in [0.2, 0.25) is 0 Å². The fourth-order valence-electron chi connectivity index (χ4n) is 1.67. The Morgan fingerprint density at radius 3 is 2.78 bits per heavy atom. The van der Waals surface area contributed by atoms with Crippen LogP contribution >= 0.6 is 0 Å². The van der Waals surface area contributed by atoms with Gasteiger partial charge in [0.1, 0.15) is 0 Å². The Hall–Kier alpha value is -2.10. The maximum atomic E-state index is 12.1. The molecule has 0 saturated heterocycles. The van der Waals surface area contributed by atoms with E-state index in [2.05, 4.69) is 24.3 Å². The Balaban J connectivity index is 2.25. The van der Waals surface area contributed by atoms with Gasteiger partial charge in [0.15, 0.2) is 0 Å². The summed E-state index contributed by atoms with van der Waals surface area (Å²) in [4.78, 5) is 12.1. The molecule has 0 atom stereocenters. The molecular formula is C14H17N3O. The Morgan fingerprint density at radius 2 is 2.11 bits per heavy atom. The van der Waals surface area contributed by atoms with Crippen molar-refractivity contribution in [2.75, 3.05) is 6.54 Å². The van der Waals surface area contributed by atoms with Gasteiger partial charge < -0.3 is 5.32 Å². The third-order valence-electron chi connectivity index (χ3n) is 2.57. The summed E-state index contributed by atoms with van der Waals surface area (Å²) in [6.45, 7) is 4.81. The van der Waals surface area contributed by atoms with Crippen LogP contribution in [-0.4, -0.2) is 22.2 Å². The third kappa shape index (κ3) is 2.77. The van der Waals surface area contributed by atoms with Gasteiger partial charge in [0.25, 0.3) is 5.91 Å². The molecule has 1 N–H and O–H groups in total. The average Bonchev–Trinajstić information content (AvgIpc) is 2.89. The number of benzene rings is 1. The zero-order valence-electron chi connectivity index (χ0n) is 10.6. The zero-order valence-corrected chi connectivity index (χ0v) is 10.6. The van der Waals surface area contributed by atoms with Crippen LogP contribution in [0, 0.1) is 5.92 Å². The molecule has 0 spiro atoms. The summed E-state index contributed by atoms with van der Waals surface area (Å²) in [6.07, 6.45) is 3.53. The van der Waals surface area contributed by atoms with E-state index in [1.807, 2.05) is 36.5 Å². The molecule has 0 unspecified atom stereocenters. The quantitative estimate of drug-likeness (QED) is 0.895. The van der Waals surface area contributed by atoms with Gasteiger partial charge in [-0.2, -0.15) is 5.10 Å². The first-order valence-electron chi connectivity index (χ1n) is 6.05. The number of nitrogens with zero attached hydrogens (tertiary/aromatic N) is 2. The number of carbonyl (C=O) groups is 1. The van der Waals surface area contributed by atoms with Gasteiger partial charge in [-0.3, -0.25) is 4.79 Å². The van der Waals surface area contributed by atoms with Crippen LogP contribution in [0.25, 0.3) is 5.69 Å².